The summed E-state index contributed by atoms with van der Waals surface area (Å²) >= 11 is 1.98. The Morgan fingerprint density at radius 2 is 1.97 bits per heavy atom. The van der Waals surface area contributed by atoms with Gasteiger partial charge in [0.1, 0.15) is 24.3 Å². The lowest BCUT2D eigenvalue weighted by Gasteiger charge is -2.40. The Morgan fingerprint density at radius 1 is 1.24 bits per heavy atom. The maximum atomic E-state index is 13.2. The van der Waals surface area contributed by atoms with Crippen LogP contribution in [-0.4, -0.2) is 97.8 Å². The Balaban J connectivity index is 2.45. The fourth-order valence-corrected chi connectivity index (χ4v) is 4.89. The molecule has 0 aromatic heterocycles. The minimum absolute atomic E-state index is 0.0256. The molecule has 0 fully saturated rings. The summed E-state index contributed by atoms with van der Waals surface area (Å²) in [7, 11) is 2.91. The molecule has 1 aliphatic rings. The van der Waals surface area contributed by atoms with E-state index in [-0.39, 0.29) is 74.3 Å². The van der Waals surface area contributed by atoms with Gasteiger partial charge >= 0.3 is 0 Å². The van der Waals surface area contributed by atoms with E-state index in [2.05, 4.69) is 5.32 Å². The lowest BCUT2D eigenvalue weighted by Crippen LogP contribution is -2.55. The van der Waals surface area contributed by atoms with E-state index in [0.717, 1.165) is 0 Å². The first-order valence-corrected chi connectivity index (χ1v) is 13.3. The van der Waals surface area contributed by atoms with Crippen LogP contribution in [0.4, 0.5) is 0 Å². The molecule has 2 amide bonds. The van der Waals surface area contributed by atoms with Gasteiger partial charge < -0.3 is 39.4 Å². The van der Waals surface area contributed by atoms with Crippen LogP contribution in [-0.2, 0) is 19.1 Å². The summed E-state index contributed by atoms with van der Waals surface area (Å²) < 4.78 is 17.3. The van der Waals surface area contributed by atoms with Crippen molar-refractivity contribution in [1.82, 2.24) is 10.2 Å². The van der Waals surface area contributed by atoms with E-state index in [1.165, 1.54) is 38.2 Å². The van der Waals surface area contributed by atoms with Gasteiger partial charge in [-0.2, -0.15) is 0 Å². The SMILES string of the molecule is COCCN(C(=O)CCCC(C)=O)[C@@H]1CC(C(=O)NCCO)=C[C@H](Oc2c(I)cc(C=O)cc2OC)[C@H]1O. The van der Waals surface area contributed by atoms with E-state index >= 15 is 0 Å². The summed E-state index contributed by atoms with van der Waals surface area (Å²) in [5.74, 6) is -0.235. The highest BCUT2D eigenvalue weighted by atomic mass is 127. The maximum absolute atomic E-state index is 13.2. The largest absolute Gasteiger partial charge is 0.493 e. The number of ketones is 1. The van der Waals surface area contributed by atoms with Gasteiger partial charge in [-0.3, -0.25) is 14.4 Å². The van der Waals surface area contributed by atoms with E-state index in [1.807, 2.05) is 22.6 Å². The standard InChI is InChI=1S/C26H35IN2O9/c1-16(32)5-4-6-23(33)29(8-10-36-2)20-13-18(26(35)28-7-9-30)14-21(24(20)34)38-25-19(27)11-17(15-31)12-22(25)37-3/h11-12,14-15,20-21,24,30,34H,4-10,13H2,1-3H3,(H,28,35)/t20-,21+,24+/m1/s1. The number of hydrogen-bond donors (Lipinski definition) is 3. The zero-order chi connectivity index (χ0) is 28.2. The summed E-state index contributed by atoms with van der Waals surface area (Å²) in [6, 6.07) is 2.26. The number of rotatable bonds is 15. The molecule has 0 radical (unpaired) electrons. The van der Waals surface area contributed by atoms with Gasteiger partial charge in [0.2, 0.25) is 11.8 Å². The molecule has 210 valence electrons. The van der Waals surface area contributed by atoms with Crippen LogP contribution < -0.4 is 14.8 Å². The molecule has 0 saturated heterocycles. The molecule has 3 N–H and O–H groups in total. The zero-order valence-electron chi connectivity index (χ0n) is 21.8. The highest BCUT2D eigenvalue weighted by Gasteiger charge is 2.40. The van der Waals surface area contributed by atoms with Gasteiger partial charge in [0.25, 0.3) is 0 Å². The van der Waals surface area contributed by atoms with Crippen LogP contribution in [0, 0.1) is 3.57 Å². The van der Waals surface area contributed by atoms with Crippen molar-refractivity contribution in [2.75, 3.05) is 40.5 Å². The molecule has 11 nitrogen and oxygen atoms in total. The van der Waals surface area contributed by atoms with Gasteiger partial charge in [-0.25, -0.2) is 0 Å². The second-order valence-corrected chi connectivity index (χ2v) is 9.97. The molecular weight excluding hydrogens is 611 g/mol. The summed E-state index contributed by atoms with van der Waals surface area (Å²) in [6.07, 6.45) is 0.629. The lowest BCUT2D eigenvalue weighted by molar-refractivity contribution is -0.139. The molecule has 2 rings (SSSR count). The van der Waals surface area contributed by atoms with Crippen molar-refractivity contribution in [2.45, 2.75) is 50.9 Å². The topological polar surface area (TPSA) is 152 Å². The third kappa shape index (κ3) is 8.75. The first kappa shape index (κ1) is 31.7. The molecular formula is C26H35IN2O9. The summed E-state index contributed by atoms with van der Waals surface area (Å²) in [5, 5.41) is 23.2. The number of aldehydes is 1. The van der Waals surface area contributed by atoms with Crippen LogP contribution >= 0.6 is 22.6 Å². The Bertz CT molecular complexity index is 1030. The second kappa shape index (κ2) is 15.8. The van der Waals surface area contributed by atoms with Crippen molar-refractivity contribution in [3.63, 3.8) is 0 Å². The molecule has 38 heavy (non-hydrogen) atoms. The third-order valence-corrected chi connectivity index (χ3v) is 6.83. The van der Waals surface area contributed by atoms with E-state index in [0.29, 0.717) is 21.8 Å². The van der Waals surface area contributed by atoms with Crippen molar-refractivity contribution in [2.24, 2.45) is 0 Å². The van der Waals surface area contributed by atoms with Gasteiger partial charge in [0.05, 0.1) is 29.9 Å². The number of benzene rings is 1. The predicted octanol–water partition coefficient (Wildman–Crippen LogP) is 1.26. The molecule has 1 aromatic rings. The molecule has 12 heteroatoms. The number of hydrogen-bond acceptors (Lipinski definition) is 9. The van der Waals surface area contributed by atoms with Gasteiger partial charge in [0.15, 0.2) is 11.5 Å². The normalized spacial score (nSPS) is 18.8. The van der Waals surface area contributed by atoms with Crippen molar-refractivity contribution in [3.05, 3.63) is 32.9 Å². The van der Waals surface area contributed by atoms with Crippen molar-refractivity contribution in [3.8, 4) is 11.5 Å². The summed E-state index contributed by atoms with van der Waals surface area (Å²) in [4.78, 5) is 50.2. The number of aliphatic hydroxyl groups is 2. The lowest BCUT2D eigenvalue weighted by atomic mass is 9.88. The zero-order valence-corrected chi connectivity index (χ0v) is 23.9. The number of carbonyl (C=O) groups is 4. The van der Waals surface area contributed by atoms with Crippen molar-refractivity contribution < 1.29 is 43.6 Å². The molecule has 0 unspecified atom stereocenters. The molecule has 0 bridgehead atoms. The summed E-state index contributed by atoms with van der Waals surface area (Å²) in [5.41, 5.74) is 0.651. The Hall–Kier alpha value is -2.55. The first-order chi connectivity index (χ1) is 18.2. The fourth-order valence-electron chi connectivity index (χ4n) is 4.14. The number of carbonyl (C=O) groups excluding carboxylic acids is 4. The maximum Gasteiger partial charge on any atom is 0.247 e. The van der Waals surface area contributed by atoms with E-state index in [1.54, 1.807) is 6.07 Å². The number of Topliss-reactive ketones (excluding diaryl/α,β-unsaturated/α-hetero) is 1. The number of nitrogens with one attached hydrogen (secondary N) is 1. The number of methoxy groups -OCH3 is 2. The quantitative estimate of drug-likeness (QED) is 0.189. The number of halogens is 1. The van der Waals surface area contributed by atoms with Gasteiger partial charge in [-0.05, 0) is 54.1 Å². The number of aliphatic hydroxyl groups excluding tert-OH is 2. The molecule has 3 atom stereocenters. The van der Waals surface area contributed by atoms with Crippen LogP contribution in [0.5, 0.6) is 11.5 Å². The van der Waals surface area contributed by atoms with Gasteiger partial charge in [-0.1, -0.05) is 0 Å². The Kier molecular flexibility index (Phi) is 13.1. The molecule has 0 saturated carbocycles. The number of nitrogens with zero attached hydrogens (tertiary/aromatic N) is 1. The smallest absolute Gasteiger partial charge is 0.247 e. The highest BCUT2D eigenvalue weighted by Crippen LogP contribution is 2.37. The minimum Gasteiger partial charge on any atom is -0.493 e. The van der Waals surface area contributed by atoms with E-state index in [4.69, 9.17) is 19.3 Å². The molecule has 0 heterocycles. The molecule has 1 aliphatic carbocycles. The van der Waals surface area contributed by atoms with E-state index in [9.17, 15) is 24.3 Å². The monoisotopic (exact) mass is 646 g/mol. The minimum atomic E-state index is -1.23. The van der Waals surface area contributed by atoms with Gasteiger partial charge in [-0.15, -0.1) is 0 Å². The average Bonchev–Trinajstić information content (AvgIpc) is 2.89. The molecule has 0 aliphatic heterocycles. The first-order valence-electron chi connectivity index (χ1n) is 12.2. The highest BCUT2D eigenvalue weighted by molar-refractivity contribution is 14.1. The Labute approximate surface area is 235 Å². The van der Waals surface area contributed by atoms with E-state index < -0.39 is 24.2 Å². The van der Waals surface area contributed by atoms with Crippen molar-refractivity contribution in [1.29, 1.82) is 0 Å². The van der Waals surface area contributed by atoms with Crippen LogP contribution in [0.25, 0.3) is 0 Å². The second-order valence-electron chi connectivity index (χ2n) is 8.80. The van der Waals surface area contributed by atoms with Crippen molar-refractivity contribution >= 4 is 46.5 Å². The molecule has 0 spiro atoms. The Morgan fingerprint density at radius 3 is 2.58 bits per heavy atom. The average molecular weight is 646 g/mol. The third-order valence-electron chi connectivity index (χ3n) is 6.03. The van der Waals surface area contributed by atoms with Crippen LogP contribution in [0.1, 0.15) is 43.0 Å². The predicted molar refractivity (Wildman–Crippen MR) is 146 cm³/mol. The molecule has 1 aromatic carbocycles. The van der Waals surface area contributed by atoms with Crippen LogP contribution in [0.15, 0.2) is 23.8 Å². The van der Waals surface area contributed by atoms with Gasteiger partial charge in [0, 0.05) is 50.6 Å². The van der Waals surface area contributed by atoms with Crippen LogP contribution in [0.2, 0.25) is 0 Å². The summed E-state index contributed by atoms with van der Waals surface area (Å²) in [6.45, 7) is 1.59. The fraction of sp³-hybridized carbons (Fsp3) is 0.538. The van der Waals surface area contributed by atoms with Crippen LogP contribution in [0.3, 0.4) is 0 Å². The number of ether oxygens (including phenoxy) is 3. The number of amides is 2.